The maximum absolute atomic E-state index is 14.8. The van der Waals surface area contributed by atoms with Crippen molar-refractivity contribution < 1.29 is 22.9 Å². The number of alkyl halides is 1. The molecule has 1 aliphatic rings. The number of rotatable bonds is 6. The molecule has 1 aromatic carbocycles. The molecule has 10 heteroatoms. The minimum Gasteiger partial charge on any atom is -0.424 e. The maximum atomic E-state index is 14.8. The smallest absolute Gasteiger partial charge is 0.340 e. The van der Waals surface area contributed by atoms with Crippen molar-refractivity contribution >= 4 is 11.0 Å². The molecule has 32 heavy (non-hydrogen) atoms. The van der Waals surface area contributed by atoms with Crippen molar-refractivity contribution in [1.82, 2.24) is 9.97 Å². The molecule has 0 radical (unpaired) electrons. The number of halogens is 2. The summed E-state index contributed by atoms with van der Waals surface area (Å²) in [6.07, 6.45) is 4.16. The Morgan fingerprint density at radius 3 is 2.72 bits per heavy atom. The number of nitrogens with zero attached hydrogens (tertiary/aromatic N) is 3. The second-order valence-electron chi connectivity index (χ2n) is 7.27. The van der Waals surface area contributed by atoms with Crippen LogP contribution >= 0.6 is 0 Å². The molecule has 0 fully saturated rings. The lowest BCUT2D eigenvalue weighted by Crippen LogP contribution is -2.18. The van der Waals surface area contributed by atoms with Crippen LogP contribution in [0.3, 0.4) is 0 Å². The van der Waals surface area contributed by atoms with E-state index in [4.69, 9.17) is 9.15 Å². The molecule has 8 nitrogen and oxygen atoms in total. The third kappa shape index (κ3) is 3.98. The summed E-state index contributed by atoms with van der Waals surface area (Å²) in [5.41, 5.74) is -1.36. The predicted octanol–water partition coefficient (Wildman–Crippen LogP) is 4.81. The van der Waals surface area contributed by atoms with E-state index in [-0.39, 0.29) is 52.8 Å². The summed E-state index contributed by atoms with van der Waals surface area (Å²) in [4.78, 5) is 30.9. The molecule has 0 N–H and O–H groups in total. The average Bonchev–Trinajstić information content (AvgIpc) is 2.77. The van der Waals surface area contributed by atoms with E-state index >= 15 is 0 Å². The predicted molar refractivity (Wildman–Crippen MR) is 110 cm³/mol. The zero-order chi connectivity index (χ0) is 22.8. The van der Waals surface area contributed by atoms with E-state index in [1.807, 2.05) is 0 Å². The normalized spacial score (nSPS) is 16.2. The summed E-state index contributed by atoms with van der Waals surface area (Å²) in [6.45, 7) is 0.690. The molecule has 0 saturated heterocycles. The number of fused-ring (bicyclic) bond motifs is 1. The molecule has 0 spiro atoms. The summed E-state index contributed by atoms with van der Waals surface area (Å²) in [5, 5.41) is 11.4. The third-order valence-electron chi connectivity index (χ3n) is 5.31. The number of hydrogen-bond acceptors (Lipinski definition) is 7. The third-order valence-corrected chi connectivity index (χ3v) is 5.31. The van der Waals surface area contributed by atoms with Crippen LogP contribution in [0.2, 0.25) is 0 Å². The van der Waals surface area contributed by atoms with Crippen LogP contribution in [-0.2, 0) is 13.1 Å². The van der Waals surface area contributed by atoms with Gasteiger partial charge in [-0.15, -0.1) is 0 Å². The first kappa shape index (κ1) is 21.3. The molecule has 3 aromatic rings. The molecule has 1 unspecified atom stereocenters. The van der Waals surface area contributed by atoms with Gasteiger partial charge >= 0.3 is 17.3 Å². The summed E-state index contributed by atoms with van der Waals surface area (Å²) in [5.74, 6) is -1.10. The van der Waals surface area contributed by atoms with Gasteiger partial charge in [-0.25, -0.2) is 19.2 Å². The van der Waals surface area contributed by atoms with E-state index in [0.29, 0.717) is 5.39 Å². The molecule has 4 rings (SSSR count). The Bertz CT molecular complexity index is 1320. The fourth-order valence-electron chi connectivity index (χ4n) is 3.62. The van der Waals surface area contributed by atoms with Crippen LogP contribution in [0.15, 0.2) is 69.0 Å². The van der Waals surface area contributed by atoms with Gasteiger partial charge in [-0.05, 0) is 42.2 Å². The van der Waals surface area contributed by atoms with Crippen molar-refractivity contribution in [1.29, 1.82) is 0 Å². The van der Waals surface area contributed by atoms with Crippen molar-refractivity contribution in [3.05, 3.63) is 91.5 Å². The molecular formula is C22H17F2N3O5. The van der Waals surface area contributed by atoms with Crippen molar-refractivity contribution in [3.63, 3.8) is 0 Å². The standard InChI is InChI=1S/C22H17F2N3O5/c1-12-3-6-18(27(29)30)20(24)15(12)10-16-17(11-23)14-5-4-13(9-19(14)32-21(16)28)31-22-25-7-2-8-26-22/h2,4-9,12H,3,10-11H2,1H3. The first-order valence-electron chi connectivity index (χ1n) is 9.72. The summed E-state index contributed by atoms with van der Waals surface area (Å²) in [6, 6.07) is 6.18. The van der Waals surface area contributed by atoms with Crippen LogP contribution in [-0.4, -0.2) is 14.9 Å². The Morgan fingerprint density at radius 2 is 2.03 bits per heavy atom. The zero-order valence-electron chi connectivity index (χ0n) is 16.9. The number of allylic oxidation sites excluding steroid dienone is 3. The number of benzene rings is 1. The van der Waals surface area contributed by atoms with Crippen LogP contribution in [0.25, 0.3) is 11.0 Å². The maximum Gasteiger partial charge on any atom is 0.340 e. The molecule has 0 saturated carbocycles. The second kappa shape index (κ2) is 8.66. The van der Waals surface area contributed by atoms with Gasteiger partial charge in [0.05, 0.1) is 4.92 Å². The highest BCUT2D eigenvalue weighted by Gasteiger charge is 2.30. The topological polar surface area (TPSA) is 108 Å². The molecular weight excluding hydrogens is 424 g/mol. The molecule has 2 aromatic heterocycles. The first-order chi connectivity index (χ1) is 15.4. The Balaban J connectivity index is 1.76. The monoisotopic (exact) mass is 441 g/mol. The van der Waals surface area contributed by atoms with E-state index in [2.05, 4.69) is 9.97 Å². The summed E-state index contributed by atoms with van der Waals surface area (Å²) in [7, 11) is 0. The Morgan fingerprint density at radius 1 is 1.28 bits per heavy atom. The average molecular weight is 441 g/mol. The Labute approximate surface area is 180 Å². The highest BCUT2D eigenvalue weighted by Crippen LogP contribution is 2.35. The highest BCUT2D eigenvalue weighted by atomic mass is 19.1. The molecule has 1 aliphatic carbocycles. The van der Waals surface area contributed by atoms with Gasteiger partial charge in [0.2, 0.25) is 0 Å². The van der Waals surface area contributed by atoms with Gasteiger partial charge in [-0.2, -0.15) is 4.39 Å². The zero-order valence-corrected chi connectivity index (χ0v) is 16.9. The van der Waals surface area contributed by atoms with Crippen LogP contribution in [0, 0.1) is 16.0 Å². The van der Waals surface area contributed by atoms with Crippen LogP contribution < -0.4 is 10.4 Å². The van der Waals surface area contributed by atoms with Crippen molar-refractivity contribution in [2.45, 2.75) is 26.4 Å². The minimum atomic E-state index is -0.999. The number of hydrogen-bond donors (Lipinski definition) is 0. The SMILES string of the molecule is CC1CC=C([N+](=O)[O-])C(F)=C1Cc1c(CF)c2ccc(Oc3ncccn3)cc2oc1=O. The molecule has 164 valence electrons. The number of ether oxygens (including phenoxy) is 1. The number of aromatic nitrogens is 2. The van der Waals surface area contributed by atoms with Gasteiger partial charge in [0.25, 0.3) is 0 Å². The van der Waals surface area contributed by atoms with Gasteiger partial charge in [0, 0.05) is 41.4 Å². The van der Waals surface area contributed by atoms with Gasteiger partial charge in [-0.1, -0.05) is 6.92 Å². The Hall–Kier alpha value is -3.95. The number of nitro groups is 1. The van der Waals surface area contributed by atoms with Crippen LogP contribution in [0.4, 0.5) is 8.78 Å². The largest absolute Gasteiger partial charge is 0.424 e. The fraction of sp³-hybridized carbons (Fsp3) is 0.227. The lowest BCUT2D eigenvalue weighted by Gasteiger charge is -2.19. The van der Waals surface area contributed by atoms with Crippen molar-refractivity contribution in [2.75, 3.05) is 0 Å². The van der Waals surface area contributed by atoms with Crippen LogP contribution in [0.1, 0.15) is 24.5 Å². The lowest BCUT2D eigenvalue weighted by molar-refractivity contribution is -0.423. The molecule has 2 heterocycles. The van der Waals surface area contributed by atoms with Gasteiger partial charge in [-0.3, -0.25) is 10.1 Å². The second-order valence-corrected chi connectivity index (χ2v) is 7.27. The highest BCUT2D eigenvalue weighted by molar-refractivity contribution is 5.82. The van der Waals surface area contributed by atoms with E-state index in [1.165, 1.54) is 36.7 Å². The fourth-order valence-corrected chi connectivity index (χ4v) is 3.62. The van der Waals surface area contributed by atoms with E-state index in [0.717, 1.165) is 0 Å². The lowest BCUT2D eigenvalue weighted by atomic mass is 9.86. The molecule has 0 bridgehead atoms. The Kier molecular flexibility index (Phi) is 5.76. The van der Waals surface area contributed by atoms with E-state index in [9.17, 15) is 23.7 Å². The van der Waals surface area contributed by atoms with E-state index in [1.54, 1.807) is 13.0 Å². The molecule has 1 atom stereocenters. The molecule has 0 aliphatic heterocycles. The van der Waals surface area contributed by atoms with Gasteiger partial charge < -0.3 is 9.15 Å². The quantitative estimate of drug-likeness (QED) is 0.307. The van der Waals surface area contributed by atoms with E-state index < -0.39 is 28.7 Å². The summed E-state index contributed by atoms with van der Waals surface area (Å²) < 4.78 is 39.7. The summed E-state index contributed by atoms with van der Waals surface area (Å²) >= 11 is 0. The van der Waals surface area contributed by atoms with Crippen molar-refractivity contribution in [2.24, 2.45) is 5.92 Å². The first-order valence-corrected chi connectivity index (χ1v) is 9.72. The van der Waals surface area contributed by atoms with Gasteiger partial charge in [0.15, 0.2) is 5.83 Å². The van der Waals surface area contributed by atoms with Crippen LogP contribution in [0.5, 0.6) is 11.8 Å². The van der Waals surface area contributed by atoms with Gasteiger partial charge in [0.1, 0.15) is 18.0 Å². The minimum absolute atomic E-state index is 0.0449. The molecule has 0 amide bonds. The van der Waals surface area contributed by atoms with Crippen molar-refractivity contribution in [3.8, 4) is 11.8 Å².